The van der Waals surface area contributed by atoms with Crippen molar-refractivity contribution in [3.8, 4) is 5.75 Å². The molecule has 2 heteroatoms. The first-order chi connectivity index (χ1) is 10.1. The smallest absolute Gasteiger partial charge is 0.118 e. The quantitative estimate of drug-likeness (QED) is 0.857. The fourth-order valence-electron chi connectivity index (χ4n) is 2.65. The molecular weight excluding hydrogens is 258 g/mol. The van der Waals surface area contributed by atoms with E-state index in [1.54, 1.807) is 7.11 Å². The molecule has 0 heterocycles. The highest BCUT2D eigenvalue weighted by molar-refractivity contribution is 5.32. The van der Waals surface area contributed by atoms with Crippen LogP contribution in [-0.4, -0.2) is 13.7 Å². The Kier molecular flexibility index (Phi) is 5.40. The summed E-state index contributed by atoms with van der Waals surface area (Å²) in [6.07, 6.45) is 1.03. The molecular formula is C19H25NO. The van der Waals surface area contributed by atoms with Gasteiger partial charge in [-0.3, -0.25) is 0 Å². The number of ether oxygens (including phenoxy) is 1. The minimum Gasteiger partial charge on any atom is -0.497 e. The van der Waals surface area contributed by atoms with Crippen LogP contribution in [0.2, 0.25) is 0 Å². The third-order valence-electron chi connectivity index (χ3n) is 3.92. The van der Waals surface area contributed by atoms with Crippen molar-refractivity contribution in [2.75, 3.05) is 13.7 Å². The minimum absolute atomic E-state index is 0.379. The van der Waals surface area contributed by atoms with Gasteiger partial charge in [-0.05, 0) is 62.6 Å². The van der Waals surface area contributed by atoms with E-state index in [-0.39, 0.29) is 0 Å². The molecule has 0 aliphatic rings. The molecule has 1 atom stereocenters. The average Bonchev–Trinajstić information content (AvgIpc) is 2.47. The molecule has 1 N–H and O–H groups in total. The Morgan fingerprint density at radius 1 is 1.05 bits per heavy atom. The number of hydrogen-bond donors (Lipinski definition) is 1. The van der Waals surface area contributed by atoms with Gasteiger partial charge in [-0.25, -0.2) is 0 Å². The summed E-state index contributed by atoms with van der Waals surface area (Å²) in [5.41, 5.74) is 5.40. The van der Waals surface area contributed by atoms with E-state index in [9.17, 15) is 0 Å². The molecule has 2 rings (SSSR count). The number of aryl methyl sites for hydroxylation is 2. The van der Waals surface area contributed by atoms with Crippen LogP contribution in [0.3, 0.4) is 0 Å². The van der Waals surface area contributed by atoms with Gasteiger partial charge in [0.2, 0.25) is 0 Å². The molecule has 0 radical (unpaired) electrons. The van der Waals surface area contributed by atoms with Crippen molar-refractivity contribution in [3.05, 3.63) is 64.7 Å². The molecule has 0 saturated carbocycles. The second-order valence-electron chi connectivity index (χ2n) is 5.63. The Morgan fingerprint density at radius 3 is 2.38 bits per heavy atom. The summed E-state index contributed by atoms with van der Waals surface area (Å²) in [6.45, 7) is 7.52. The molecule has 0 bridgehead atoms. The van der Waals surface area contributed by atoms with Gasteiger partial charge in [0, 0.05) is 6.04 Å². The molecule has 0 fully saturated rings. The Bertz CT molecular complexity index is 575. The molecule has 0 aliphatic heterocycles. The molecule has 0 aliphatic carbocycles. The minimum atomic E-state index is 0.379. The van der Waals surface area contributed by atoms with E-state index in [0.717, 1.165) is 18.7 Å². The lowest BCUT2D eigenvalue weighted by Gasteiger charge is -2.17. The topological polar surface area (TPSA) is 21.3 Å². The number of rotatable bonds is 6. The summed E-state index contributed by atoms with van der Waals surface area (Å²) >= 11 is 0. The number of hydrogen-bond acceptors (Lipinski definition) is 2. The van der Waals surface area contributed by atoms with Crippen molar-refractivity contribution < 1.29 is 4.74 Å². The van der Waals surface area contributed by atoms with Crippen LogP contribution in [0.1, 0.15) is 35.2 Å². The largest absolute Gasteiger partial charge is 0.497 e. The van der Waals surface area contributed by atoms with Crippen LogP contribution in [0.4, 0.5) is 0 Å². The average molecular weight is 283 g/mol. The third kappa shape index (κ3) is 4.33. The zero-order chi connectivity index (χ0) is 15.2. The van der Waals surface area contributed by atoms with Crippen molar-refractivity contribution in [3.63, 3.8) is 0 Å². The summed E-state index contributed by atoms with van der Waals surface area (Å²) in [4.78, 5) is 0. The zero-order valence-corrected chi connectivity index (χ0v) is 13.4. The van der Waals surface area contributed by atoms with Gasteiger partial charge in [-0.15, -0.1) is 0 Å². The predicted molar refractivity (Wildman–Crippen MR) is 89.0 cm³/mol. The Balaban J connectivity index is 1.87. The van der Waals surface area contributed by atoms with Crippen molar-refractivity contribution in [2.45, 2.75) is 33.2 Å². The second kappa shape index (κ2) is 7.28. The fourth-order valence-corrected chi connectivity index (χ4v) is 2.65. The lowest BCUT2D eigenvalue weighted by Crippen LogP contribution is -2.22. The lowest BCUT2D eigenvalue weighted by molar-refractivity contribution is 0.414. The number of benzene rings is 2. The highest BCUT2D eigenvalue weighted by Crippen LogP contribution is 2.18. The monoisotopic (exact) mass is 283 g/mol. The van der Waals surface area contributed by atoms with E-state index in [4.69, 9.17) is 4.74 Å². The van der Waals surface area contributed by atoms with Gasteiger partial charge in [-0.2, -0.15) is 0 Å². The third-order valence-corrected chi connectivity index (χ3v) is 3.92. The number of nitrogens with one attached hydrogen (secondary N) is 1. The summed E-state index contributed by atoms with van der Waals surface area (Å²) in [5, 5.41) is 3.61. The standard InChI is InChI=1S/C19H25NO/c1-14-5-10-19(15(2)13-14)16(3)20-12-11-17-6-8-18(21-4)9-7-17/h5-10,13,16,20H,11-12H2,1-4H3. The van der Waals surface area contributed by atoms with E-state index in [1.165, 1.54) is 22.3 Å². The zero-order valence-electron chi connectivity index (χ0n) is 13.4. The highest BCUT2D eigenvalue weighted by atomic mass is 16.5. The summed E-state index contributed by atoms with van der Waals surface area (Å²) < 4.78 is 5.18. The molecule has 0 aromatic heterocycles. The van der Waals surface area contributed by atoms with Crippen LogP contribution in [0.25, 0.3) is 0 Å². The molecule has 21 heavy (non-hydrogen) atoms. The molecule has 0 saturated heterocycles. The van der Waals surface area contributed by atoms with Crippen molar-refractivity contribution in [2.24, 2.45) is 0 Å². The SMILES string of the molecule is COc1ccc(CCNC(C)c2ccc(C)cc2C)cc1. The van der Waals surface area contributed by atoms with E-state index >= 15 is 0 Å². The summed E-state index contributed by atoms with van der Waals surface area (Å²) in [5.74, 6) is 0.912. The highest BCUT2D eigenvalue weighted by Gasteiger charge is 2.07. The van der Waals surface area contributed by atoms with E-state index in [1.807, 2.05) is 12.1 Å². The molecule has 0 spiro atoms. The van der Waals surface area contributed by atoms with Crippen LogP contribution in [0, 0.1) is 13.8 Å². The van der Waals surface area contributed by atoms with Crippen LogP contribution >= 0.6 is 0 Å². The van der Waals surface area contributed by atoms with E-state index < -0.39 is 0 Å². The van der Waals surface area contributed by atoms with E-state index in [0.29, 0.717) is 6.04 Å². The van der Waals surface area contributed by atoms with Gasteiger partial charge in [0.1, 0.15) is 5.75 Å². The fraction of sp³-hybridized carbons (Fsp3) is 0.368. The maximum atomic E-state index is 5.18. The summed E-state index contributed by atoms with van der Waals surface area (Å²) in [6, 6.07) is 15.3. The first-order valence-electron chi connectivity index (χ1n) is 7.53. The Labute approximate surface area is 128 Å². The van der Waals surface area contributed by atoms with Crippen LogP contribution in [-0.2, 0) is 6.42 Å². The lowest BCUT2D eigenvalue weighted by atomic mass is 10.00. The van der Waals surface area contributed by atoms with Gasteiger partial charge in [-0.1, -0.05) is 35.9 Å². The predicted octanol–water partition coefficient (Wildman–Crippen LogP) is 4.21. The van der Waals surface area contributed by atoms with Crippen molar-refractivity contribution >= 4 is 0 Å². The normalized spacial score (nSPS) is 12.2. The van der Waals surface area contributed by atoms with Crippen LogP contribution < -0.4 is 10.1 Å². The number of methoxy groups -OCH3 is 1. The van der Waals surface area contributed by atoms with Crippen molar-refractivity contribution in [1.29, 1.82) is 0 Å². The second-order valence-corrected chi connectivity index (χ2v) is 5.63. The summed E-state index contributed by atoms with van der Waals surface area (Å²) in [7, 11) is 1.70. The molecule has 0 amide bonds. The first kappa shape index (κ1) is 15.6. The first-order valence-corrected chi connectivity index (χ1v) is 7.53. The molecule has 2 aromatic carbocycles. The van der Waals surface area contributed by atoms with Gasteiger partial charge in [0.05, 0.1) is 7.11 Å². The van der Waals surface area contributed by atoms with E-state index in [2.05, 4.69) is 56.4 Å². The van der Waals surface area contributed by atoms with Gasteiger partial charge < -0.3 is 10.1 Å². The van der Waals surface area contributed by atoms with Crippen molar-refractivity contribution in [1.82, 2.24) is 5.32 Å². The maximum Gasteiger partial charge on any atom is 0.118 e. The molecule has 2 aromatic rings. The van der Waals surface area contributed by atoms with Gasteiger partial charge in [0.15, 0.2) is 0 Å². The van der Waals surface area contributed by atoms with Gasteiger partial charge in [0.25, 0.3) is 0 Å². The Hall–Kier alpha value is -1.80. The van der Waals surface area contributed by atoms with Gasteiger partial charge >= 0.3 is 0 Å². The van der Waals surface area contributed by atoms with Crippen LogP contribution in [0.5, 0.6) is 5.75 Å². The molecule has 2 nitrogen and oxygen atoms in total. The Morgan fingerprint density at radius 2 is 1.76 bits per heavy atom. The molecule has 1 unspecified atom stereocenters. The maximum absolute atomic E-state index is 5.18. The van der Waals surface area contributed by atoms with Crippen LogP contribution in [0.15, 0.2) is 42.5 Å². The molecule has 112 valence electrons.